The molecule has 4 nitrogen and oxygen atoms in total. The number of aliphatic hydroxyl groups excluding tert-OH is 1. The van der Waals surface area contributed by atoms with Gasteiger partial charge in [-0.15, -0.1) is 0 Å². The van der Waals surface area contributed by atoms with Crippen LogP contribution in [0.5, 0.6) is 0 Å². The monoisotopic (exact) mass is 196 g/mol. The third kappa shape index (κ3) is 2.54. The van der Waals surface area contributed by atoms with Gasteiger partial charge in [0, 0.05) is 6.42 Å². The number of aromatic nitrogens is 2. The van der Waals surface area contributed by atoms with Gasteiger partial charge in [-0.1, -0.05) is 12.1 Å². The summed E-state index contributed by atoms with van der Waals surface area (Å²) in [6.45, 7) is 1.94. The van der Waals surface area contributed by atoms with Gasteiger partial charge in [0.05, 0.1) is 12.5 Å². The number of nitrogens with zero attached hydrogens (tertiary/aromatic N) is 2. The first-order chi connectivity index (χ1) is 6.78. The molecule has 0 saturated heterocycles. The SMILES string of the molecule is CCC(O)Cc1nc(CC2CC2)no1. The summed E-state index contributed by atoms with van der Waals surface area (Å²) in [4.78, 5) is 4.24. The van der Waals surface area contributed by atoms with Crippen molar-refractivity contribution in [2.75, 3.05) is 0 Å². The van der Waals surface area contributed by atoms with Gasteiger partial charge in [-0.25, -0.2) is 0 Å². The Morgan fingerprint density at radius 1 is 1.57 bits per heavy atom. The Morgan fingerprint density at radius 3 is 3.00 bits per heavy atom. The van der Waals surface area contributed by atoms with Crippen molar-refractivity contribution in [3.8, 4) is 0 Å². The second-order valence-electron chi connectivity index (χ2n) is 4.02. The minimum atomic E-state index is -0.357. The van der Waals surface area contributed by atoms with Crippen molar-refractivity contribution in [2.45, 2.75) is 45.1 Å². The van der Waals surface area contributed by atoms with Gasteiger partial charge in [0.1, 0.15) is 0 Å². The van der Waals surface area contributed by atoms with Gasteiger partial charge in [0.25, 0.3) is 0 Å². The van der Waals surface area contributed by atoms with Gasteiger partial charge in [0.2, 0.25) is 5.89 Å². The highest BCUT2D eigenvalue weighted by molar-refractivity contribution is 4.92. The lowest BCUT2D eigenvalue weighted by atomic mass is 10.2. The largest absolute Gasteiger partial charge is 0.393 e. The zero-order chi connectivity index (χ0) is 9.97. The lowest BCUT2D eigenvalue weighted by Crippen LogP contribution is -2.08. The molecule has 2 rings (SSSR count). The molecule has 78 valence electrons. The second kappa shape index (κ2) is 4.09. The third-order valence-corrected chi connectivity index (χ3v) is 2.56. The van der Waals surface area contributed by atoms with Crippen LogP contribution in [0.3, 0.4) is 0 Å². The predicted molar refractivity (Wildman–Crippen MR) is 50.7 cm³/mol. The Labute approximate surface area is 83.3 Å². The van der Waals surface area contributed by atoms with Crippen molar-refractivity contribution < 1.29 is 9.63 Å². The third-order valence-electron chi connectivity index (χ3n) is 2.56. The molecule has 1 N–H and O–H groups in total. The van der Waals surface area contributed by atoms with E-state index in [1.165, 1.54) is 12.8 Å². The van der Waals surface area contributed by atoms with Crippen molar-refractivity contribution in [3.05, 3.63) is 11.7 Å². The number of hydrogen-bond donors (Lipinski definition) is 1. The minimum absolute atomic E-state index is 0.357. The highest BCUT2D eigenvalue weighted by Gasteiger charge is 2.24. The van der Waals surface area contributed by atoms with Crippen molar-refractivity contribution >= 4 is 0 Å². The quantitative estimate of drug-likeness (QED) is 0.772. The van der Waals surface area contributed by atoms with E-state index in [2.05, 4.69) is 10.1 Å². The smallest absolute Gasteiger partial charge is 0.229 e. The summed E-state index contributed by atoms with van der Waals surface area (Å²) < 4.78 is 5.04. The first-order valence-electron chi connectivity index (χ1n) is 5.27. The fourth-order valence-corrected chi connectivity index (χ4v) is 1.38. The van der Waals surface area contributed by atoms with Crippen LogP contribution in [0.2, 0.25) is 0 Å². The van der Waals surface area contributed by atoms with E-state index in [-0.39, 0.29) is 6.10 Å². The van der Waals surface area contributed by atoms with Crippen LogP contribution in [0.1, 0.15) is 37.9 Å². The van der Waals surface area contributed by atoms with Crippen LogP contribution in [0.4, 0.5) is 0 Å². The summed E-state index contributed by atoms with van der Waals surface area (Å²) in [7, 11) is 0. The van der Waals surface area contributed by atoms with Crippen LogP contribution in [0.15, 0.2) is 4.52 Å². The highest BCUT2D eigenvalue weighted by Crippen LogP contribution is 2.31. The van der Waals surface area contributed by atoms with Crippen LogP contribution in [0, 0.1) is 5.92 Å². The fourth-order valence-electron chi connectivity index (χ4n) is 1.38. The molecule has 1 aromatic heterocycles. The molecule has 0 aromatic carbocycles. The summed E-state index contributed by atoms with van der Waals surface area (Å²) in [5.74, 6) is 2.14. The standard InChI is InChI=1S/C10H16N2O2/c1-2-8(13)6-10-11-9(12-14-10)5-7-3-4-7/h7-8,13H,2-6H2,1H3. The van der Waals surface area contributed by atoms with E-state index >= 15 is 0 Å². The predicted octanol–water partition coefficient (Wildman–Crippen LogP) is 1.34. The van der Waals surface area contributed by atoms with Gasteiger partial charge < -0.3 is 9.63 Å². The molecule has 1 aliphatic rings. The zero-order valence-electron chi connectivity index (χ0n) is 8.44. The van der Waals surface area contributed by atoms with Crippen molar-refractivity contribution in [3.63, 3.8) is 0 Å². The summed E-state index contributed by atoms with van der Waals surface area (Å²) >= 11 is 0. The van der Waals surface area contributed by atoms with Gasteiger partial charge in [0.15, 0.2) is 5.82 Å². The fraction of sp³-hybridized carbons (Fsp3) is 0.800. The van der Waals surface area contributed by atoms with Crippen molar-refractivity contribution in [1.29, 1.82) is 0 Å². The summed E-state index contributed by atoms with van der Waals surface area (Å²) in [5.41, 5.74) is 0. The normalized spacial score (nSPS) is 18.4. The van der Waals surface area contributed by atoms with E-state index in [9.17, 15) is 5.11 Å². The average Bonchev–Trinajstić information content (AvgIpc) is 2.87. The first-order valence-corrected chi connectivity index (χ1v) is 5.27. The highest BCUT2D eigenvalue weighted by atomic mass is 16.5. The molecule has 4 heteroatoms. The number of hydrogen-bond acceptors (Lipinski definition) is 4. The molecule has 1 aliphatic carbocycles. The van der Waals surface area contributed by atoms with E-state index in [0.717, 1.165) is 24.6 Å². The Morgan fingerprint density at radius 2 is 2.36 bits per heavy atom. The molecule has 0 bridgehead atoms. The molecule has 0 aliphatic heterocycles. The Balaban J connectivity index is 1.88. The lowest BCUT2D eigenvalue weighted by molar-refractivity contribution is 0.158. The molecule has 1 fully saturated rings. The van der Waals surface area contributed by atoms with Crippen molar-refractivity contribution in [2.24, 2.45) is 5.92 Å². The maximum atomic E-state index is 9.39. The summed E-state index contributed by atoms with van der Waals surface area (Å²) in [5, 5.41) is 13.3. The van der Waals surface area contributed by atoms with Crippen LogP contribution in [-0.4, -0.2) is 21.4 Å². The Kier molecular flexibility index (Phi) is 2.82. The van der Waals surface area contributed by atoms with E-state index in [1.807, 2.05) is 6.92 Å². The molecule has 0 amide bonds. The summed E-state index contributed by atoms with van der Waals surface area (Å²) in [6, 6.07) is 0. The van der Waals surface area contributed by atoms with Gasteiger partial charge in [-0.05, 0) is 25.2 Å². The lowest BCUT2D eigenvalue weighted by Gasteiger charge is -2.01. The van der Waals surface area contributed by atoms with E-state index in [1.54, 1.807) is 0 Å². The van der Waals surface area contributed by atoms with Crippen LogP contribution in [-0.2, 0) is 12.8 Å². The summed E-state index contributed by atoms with van der Waals surface area (Å²) in [6.07, 6.45) is 4.37. The molecule has 1 atom stereocenters. The first kappa shape index (κ1) is 9.65. The topological polar surface area (TPSA) is 59.2 Å². The van der Waals surface area contributed by atoms with E-state index in [4.69, 9.17) is 4.52 Å². The second-order valence-corrected chi connectivity index (χ2v) is 4.02. The van der Waals surface area contributed by atoms with Crippen LogP contribution < -0.4 is 0 Å². The molecular formula is C10H16N2O2. The Hall–Kier alpha value is -0.900. The molecular weight excluding hydrogens is 180 g/mol. The van der Waals surface area contributed by atoms with Crippen LogP contribution >= 0.6 is 0 Å². The number of rotatable bonds is 5. The number of aliphatic hydroxyl groups is 1. The van der Waals surface area contributed by atoms with Gasteiger partial charge >= 0.3 is 0 Å². The van der Waals surface area contributed by atoms with E-state index in [0.29, 0.717) is 12.3 Å². The molecule has 1 unspecified atom stereocenters. The molecule has 1 heterocycles. The van der Waals surface area contributed by atoms with E-state index < -0.39 is 0 Å². The van der Waals surface area contributed by atoms with Gasteiger partial charge in [-0.3, -0.25) is 0 Å². The molecule has 0 spiro atoms. The molecule has 0 radical (unpaired) electrons. The maximum Gasteiger partial charge on any atom is 0.229 e. The molecule has 1 saturated carbocycles. The van der Waals surface area contributed by atoms with Crippen LogP contribution in [0.25, 0.3) is 0 Å². The molecule has 1 aromatic rings. The maximum absolute atomic E-state index is 9.39. The molecule has 14 heavy (non-hydrogen) atoms. The van der Waals surface area contributed by atoms with Crippen molar-refractivity contribution in [1.82, 2.24) is 10.1 Å². The Bertz CT molecular complexity index is 294. The minimum Gasteiger partial charge on any atom is -0.393 e. The zero-order valence-corrected chi connectivity index (χ0v) is 8.44. The average molecular weight is 196 g/mol. The van der Waals surface area contributed by atoms with Gasteiger partial charge in [-0.2, -0.15) is 4.98 Å².